The first-order chi connectivity index (χ1) is 10.8. The molecule has 0 saturated carbocycles. The standard InChI is InChI=1S/C19H28N2O/c22-17-16-20-14-10-19(11-15-20)8-4-12-21(13-5-9-19)18-6-2-1-3-7-18/h1-3,6-7,17H,4-5,8-16H2. The van der Waals surface area contributed by atoms with Crippen molar-refractivity contribution in [3.8, 4) is 0 Å². The lowest BCUT2D eigenvalue weighted by Gasteiger charge is -2.44. The summed E-state index contributed by atoms with van der Waals surface area (Å²) in [5, 5.41) is 0. The van der Waals surface area contributed by atoms with Gasteiger partial charge in [0.15, 0.2) is 0 Å². The van der Waals surface area contributed by atoms with Crippen molar-refractivity contribution in [3.63, 3.8) is 0 Å². The number of piperidine rings is 1. The summed E-state index contributed by atoms with van der Waals surface area (Å²) in [5.41, 5.74) is 1.93. The summed E-state index contributed by atoms with van der Waals surface area (Å²) in [7, 11) is 0. The molecule has 0 N–H and O–H groups in total. The lowest BCUT2D eigenvalue weighted by molar-refractivity contribution is -0.109. The fourth-order valence-electron chi connectivity index (χ4n) is 4.24. The third kappa shape index (κ3) is 3.70. The molecule has 1 aromatic carbocycles. The van der Waals surface area contributed by atoms with Gasteiger partial charge in [0.25, 0.3) is 0 Å². The molecule has 0 bridgehead atoms. The van der Waals surface area contributed by atoms with Gasteiger partial charge in [-0.05, 0) is 69.2 Å². The molecule has 3 nitrogen and oxygen atoms in total. The van der Waals surface area contributed by atoms with Crippen LogP contribution in [0.15, 0.2) is 30.3 Å². The molecule has 1 spiro atoms. The van der Waals surface area contributed by atoms with Crippen LogP contribution < -0.4 is 4.90 Å². The van der Waals surface area contributed by atoms with E-state index in [2.05, 4.69) is 40.1 Å². The molecular weight excluding hydrogens is 272 g/mol. The van der Waals surface area contributed by atoms with Gasteiger partial charge >= 0.3 is 0 Å². The van der Waals surface area contributed by atoms with Crippen LogP contribution in [-0.4, -0.2) is 43.9 Å². The van der Waals surface area contributed by atoms with Gasteiger partial charge in [0, 0.05) is 18.8 Å². The minimum atomic E-state index is 0.558. The van der Waals surface area contributed by atoms with Gasteiger partial charge in [0.05, 0.1) is 6.54 Å². The van der Waals surface area contributed by atoms with Crippen molar-refractivity contribution >= 4 is 12.0 Å². The van der Waals surface area contributed by atoms with Crippen molar-refractivity contribution in [2.45, 2.75) is 38.5 Å². The molecule has 22 heavy (non-hydrogen) atoms. The molecular formula is C19H28N2O. The van der Waals surface area contributed by atoms with Gasteiger partial charge in [-0.25, -0.2) is 0 Å². The lowest BCUT2D eigenvalue weighted by Crippen LogP contribution is -2.42. The number of aldehydes is 1. The van der Waals surface area contributed by atoms with Gasteiger partial charge in [-0.3, -0.25) is 4.90 Å². The molecule has 3 heteroatoms. The minimum Gasteiger partial charge on any atom is -0.372 e. The molecule has 2 fully saturated rings. The SMILES string of the molecule is O=CCN1CCC2(CCCN(c3ccccc3)CCC2)CC1. The molecule has 0 unspecified atom stereocenters. The first-order valence-corrected chi connectivity index (χ1v) is 8.77. The fraction of sp³-hybridized carbons (Fsp3) is 0.632. The number of likely N-dealkylation sites (tertiary alicyclic amines) is 1. The third-order valence-electron chi connectivity index (χ3n) is 5.64. The highest BCUT2D eigenvalue weighted by molar-refractivity contribution is 5.52. The van der Waals surface area contributed by atoms with E-state index >= 15 is 0 Å². The number of carbonyl (C=O) groups is 1. The smallest absolute Gasteiger partial charge is 0.133 e. The van der Waals surface area contributed by atoms with Crippen molar-refractivity contribution in [1.82, 2.24) is 4.90 Å². The predicted octanol–water partition coefficient (Wildman–Crippen LogP) is 3.35. The van der Waals surface area contributed by atoms with Crippen LogP contribution in [0.25, 0.3) is 0 Å². The van der Waals surface area contributed by atoms with Crippen LogP contribution in [0.4, 0.5) is 5.69 Å². The summed E-state index contributed by atoms with van der Waals surface area (Å²) in [6.45, 7) is 5.22. The molecule has 0 aromatic heterocycles. The van der Waals surface area contributed by atoms with Crippen molar-refractivity contribution in [2.75, 3.05) is 37.6 Å². The van der Waals surface area contributed by atoms with Gasteiger partial charge in [-0.15, -0.1) is 0 Å². The average molecular weight is 300 g/mol. The molecule has 120 valence electrons. The van der Waals surface area contributed by atoms with Crippen LogP contribution in [0, 0.1) is 5.41 Å². The molecule has 0 radical (unpaired) electrons. The minimum absolute atomic E-state index is 0.558. The molecule has 2 saturated heterocycles. The topological polar surface area (TPSA) is 23.6 Å². The summed E-state index contributed by atoms with van der Waals surface area (Å²) in [6.07, 6.45) is 8.91. The van der Waals surface area contributed by atoms with E-state index in [1.807, 2.05) is 0 Å². The third-order valence-corrected chi connectivity index (χ3v) is 5.64. The first-order valence-electron chi connectivity index (χ1n) is 8.77. The summed E-state index contributed by atoms with van der Waals surface area (Å²) in [4.78, 5) is 15.5. The maximum Gasteiger partial charge on any atom is 0.133 e. The van der Waals surface area contributed by atoms with E-state index in [0.29, 0.717) is 12.0 Å². The Morgan fingerprint density at radius 2 is 1.55 bits per heavy atom. The largest absolute Gasteiger partial charge is 0.372 e. The second-order valence-electron chi connectivity index (χ2n) is 7.00. The molecule has 2 aliphatic heterocycles. The Balaban J connectivity index is 1.55. The molecule has 1 aromatic rings. The quantitative estimate of drug-likeness (QED) is 0.800. The second kappa shape index (κ2) is 7.28. The lowest BCUT2D eigenvalue weighted by atomic mass is 9.71. The van der Waals surface area contributed by atoms with Crippen LogP contribution in [0.5, 0.6) is 0 Å². The van der Waals surface area contributed by atoms with Gasteiger partial charge in [0.2, 0.25) is 0 Å². The van der Waals surface area contributed by atoms with Crippen molar-refractivity contribution in [3.05, 3.63) is 30.3 Å². The first kappa shape index (κ1) is 15.5. The molecule has 0 atom stereocenters. The number of rotatable bonds is 3. The van der Waals surface area contributed by atoms with Crippen LogP contribution >= 0.6 is 0 Å². The van der Waals surface area contributed by atoms with Crippen LogP contribution in [0.1, 0.15) is 38.5 Å². The van der Waals surface area contributed by atoms with Crippen molar-refractivity contribution < 1.29 is 4.79 Å². The Kier molecular flexibility index (Phi) is 5.14. The van der Waals surface area contributed by atoms with E-state index in [0.717, 1.165) is 19.4 Å². The van der Waals surface area contributed by atoms with Gasteiger partial charge in [0.1, 0.15) is 6.29 Å². The van der Waals surface area contributed by atoms with E-state index in [-0.39, 0.29) is 0 Å². The zero-order valence-electron chi connectivity index (χ0n) is 13.5. The maximum absolute atomic E-state index is 10.7. The summed E-state index contributed by atoms with van der Waals surface area (Å²) < 4.78 is 0. The molecule has 0 aliphatic carbocycles. The Morgan fingerprint density at radius 1 is 0.909 bits per heavy atom. The Labute approximate surface area is 134 Å². The molecule has 0 amide bonds. The number of hydrogen-bond donors (Lipinski definition) is 0. The molecule has 2 heterocycles. The van der Waals surface area contributed by atoms with Gasteiger partial charge < -0.3 is 9.69 Å². The van der Waals surface area contributed by atoms with E-state index in [1.165, 1.54) is 57.3 Å². The van der Waals surface area contributed by atoms with Crippen LogP contribution in [-0.2, 0) is 4.79 Å². The highest BCUT2D eigenvalue weighted by atomic mass is 16.1. The highest BCUT2D eigenvalue weighted by Crippen LogP contribution is 2.41. The van der Waals surface area contributed by atoms with Crippen molar-refractivity contribution in [1.29, 1.82) is 0 Å². The molecule has 2 aliphatic rings. The summed E-state index contributed by atoms with van der Waals surface area (Å²) in [6, 6.07) is 10.8. The Morgan fingerprint density at radius 3 is 2.14 bits per heavy atom. The van der Waals surface area contributed by atoms with E-state index in [1.54, 1.807) is 0 Å². The Bertz CT molecular complexity index is 454. The molecule has 3 rings (SSSR count). The predicted molar refractivity (Wildman–Crippen MR) is 91.3 cm³/mol. The van der Waals surface area contributed by atoms with Gasteiger partial charge in [-0.1, -0.05) is 18.2 Å². The van der Waals surface area contributed by atoms with E-state index in [4.69, 9.17) is 0 Å². The second-order valence-corrected chi connectivity index (χ2v) is 7.00. The van der Waals surface area contributed by atoms with Crippen LogP contribution in [0.3, 0.4) is 0 Å². The summed E-state index contributed by atoms with van der Waals surface area (Å²) in [5.74, 6) is 0. The van der Waals surface area contributed by atoms with Crippen molar-refractivity contribution in [2.24, 2.45) is 5.41 Å². The van der Waals surface area contributed by atoms with E-state index in [9.17, 15) is 4.79 Å². The maximum atomic E-state index is 10.7. The summed E-state index contributed by atoms with van der Waals surface area (Å²) >= 11 is 0. The number of carbonyl (C=O) groups excluding carboxylic acids is 1. The van der Waals surface area contributed by atoms with E-state index < -0.39 is 0 Å². The zero-order valence-corrected chi connectivity index (χ0v) is 13.5. The number of benzene rings is 1. The average Bonchev–Trinajstić information content (AvgIpc) is 2.54. The highest BCUT2D eigenvalue weighted by Gasteiger charge is 2.34. The van der Waals surface area contributed by atoms with Crippen LogP contribution in [0.2, 0.25) is 0 Å². The number of para-hydroxylation sites is 1. The monoisotopic (exact) mass is 300 g/mol. The number of nitrogens with zero attached hydrogens (tertiary/aromatic N) is 2. The normalized spacial score (nSPS) is 23.0. The Hall–Kier alpha value is -1.35. The number of anilines is 1. The number of hydrogen-bond acceptors (Lipinski definition) is 3. The fourth-order valence-corrected chi connectivity index (χ4v) is 4.24. The van der Waals surface area contributed by atoms with Gasteiger partial charge in [-0.2, -0.15) is 0 Å². The zero-order chi connectivity index (χ0) is 15.3.